The van der Waals surface area contributed by atoms with Gasteiger partial charge in [0.1, 0.15) is 0 Å². The zero-order chi connectivity index (χ0) is 32.8. The van der Waals surface area contributed by atoms with Gasteiger partial charge in [-0.2, -0.15) is 0 Å². The molecule has 0 spiro atoms. The number of rotatable bonds is 26. The Balaban J connectivity index is 2.53. The highest BCUT2D eigenvalue weighted by atomic mass is 16.2. The number of unbranched alkanes of at least 4 members (excludes halogenated alkanes) is 2. The number of hydrogen-bond acceptors (Lipinski definition) is 2. The van der Waals surface area contributed by atoms with Crippen molar-refractivity contribution >= 4 is 11.8 Å². The monoisotopic (exact) mass is 619 g/mol. The summed E-state index contributed by atoms with van der Waals surface area (Å²) < 4.78 is 0. The van der Waals surface area contributed by atoms with Gasteiger partial charge in [0.15, 0.2) is 0 Å². The van der Waals surface area contributed by atoms with Crippen molar-refractivity contribution in [2.24, 2.45) is 29.1 Å². The van der Waals surface area contributed by atoms with Crippen molar-refractivity contribution in [1.82, 2.24) is 9.80 Å². The van der Waals surface area contributed by atoms with Crippen LogP contribution in [0.4, 0.5) is 0 Å². The Labute approximate surface area is 276 Å². The molecule has 0 saturated carbocycles. The average molecular weight is 619 g/mol. The van der Waals surface area contributed by atoms with Crippen LogP contribution >= 0.6 is 0 Å². The van der Waals surface area contributed by atoms with Crippen molar-refractivity contribution in [3.63, 3.8) is 0 Å². The SMILES string of the molecule is CCCC(C)CCCCC(CCC(C)CCC)C(=O)N1CCN(C(=O)CCCC(C)(CCC)CCCCC(C)CCC)CC1. The Bertz CT molecular complexity index is 731. The second-order valence-electron chi connectivity index (χ2n) is 15.6. The summed E-state index contributed by atoms with van der Waals surface area (Å²) >= 11 is 0. The Morgan fingerprint density at radius 3 is 1.57 bits per heavy atom. The topological polar surface area (TPSA) is 40.6 Å². The Hall–Kier alpha value is -1.06. The highest BCUT2D eigenvalue weighted by molar-refractivity contribution is 5.80. The van der Waals surface area contributed by atoms with E-state index in [4.69, 9.17) is 0 Å². The average Bonchev–Trinajstić information content (AvgIpc) is 2.99. The van der Waals surface area contributed by atoms with Crippen LogP contribution in [-0.2, 0) is 9.59 Å². The minimum Gasteiger partial charge on any atom is -0.339 e. The van der Waals surface area contributed by atoms with Crippen LogP contribution < -0.4 is 0 Å². The van der Waals surface area contributed by atoms with Crippen molar-refractivity contribution in [2.75, 3.05) is 26.2 Å². The lowest BCUT2D eigenvalue weighted by Crippen LogP contribution is -2.52. The maximum absolute atomic E-state index is 13.7. The Kier molecular flexibility index (Phi) is 22.5. The molecule has 0 radical (unpaired) electrons. The molecular formula is C40H78N2O2. The molecule has 1 rings (SSSR count). The van der Waals surface area contributed by atoms with Crippen molar-refractivity contribution in [1.29, 1.82) is 0 Å². The largest absolute Gasteiger partial charge is 0.339 e. The second-order valence-corrected chi connectivity index (χ2v) is 15.6. The van der Waals surface area contributed by atoms with Crippen molar-refractivity contribution in [3.05, 3.63) is 0 Å². The van der Waals surface area contributed by atoms with Gasteiger partial charge in [0.25, 0.3) is 0 Å². The number of nitrogens with zero attached hydrogens (tertiary/aromatic N) is 2. The minimum absolute atomic E-state index is 0.157. The lowest BCUT2D eigenvalue weighted by Gasteiger charge is -2.37. The van der Waals surface area contributed by atoms with E-state index in [0.29, 0.717) is 55.7 Å². The maximum Gasteiger partial charge on any atom is 0.225 e. The molecular weight excluding hydrogens is 540 g/mol. The van der Waals surface area contributed by atoms with E-state index >= 15 is 0 Å². The summed E-state index contributed by atoms with van der Waals surface area (Å²) in [5.74, 6) is 3.17. The predicted octanol–water partition coefficient (Wildman–Crippen LogP) is 11.5. The van der Waals surface area contributed by atoms with Gasteiger partial charge in [-0.05, 0) is 68.1 Å². The number of carbonyl (C=O) groups excluding carboxylic acids is 2. The summed E-state index contributed by atoms with van der Waals surface area (Å²) in [6.45, 7) is 21.6. The van der Waals surface area contributed by atoms with Crippen LogP contribution in [0.3, 0.4) is 0 Å². The summed E-state index contributed by atoms with van der Waals surface area (Å²) in [5.41, 5.74) is 0.367. The highest BCUT2D eigenvalue weighted by Crippen LogP contribution is 2.36. The summed E-state index contributed by atoms with van der Waals surface area (Å²) in [5, 5.41) is 0. The van der Waals surface area contributed by atoms with E-state index in [-0.39, 0.29) is 5.92 Å². The lowest BCUT2D eigenvalue weighted by atomic mass is 9.76. The van der Waals surface area contributed by atoms with E-state index < -0.39 is 0 Å². The second kappa shape index (κ2) is 24.2. The highest BCUT2D eigenvalue weighted by Gasteiger charge is 2.29. The third-order valence-corrected chi connectivity index (χ3v) is 10.9. The first-order chi connectivity index (χ1) is 21.1. The summed E-state index contributed by atoms with van der Waals surface area (Å²) in [6, 6.07) is 0. The van der Waals surface area contributed by atoms with Crippen LogP contribution in [0.5, 0.6) is 0 Å². The van der Waals surface area contributed by atoms with Gasteiger partial charge in [0, 0.05) is 38.5 Å². The van der Waals surface area contributed by atoms with E-state index in [1.807, 2.05) is 4.90 Å². The molecule has 5 unspecified atom stereocenters. The van der Waals surface area contributed by atoms with Crippen LogP contribution in [-0.4, -0.2) is 47.8 Å². The van der Waals surface area contributed by atoms with Gasteiger partial charge in [-0.15, -0.1) is 0 Å². The van der Waals surface area contributed by atoms with Crippen LogP contribution in [0, 0.1) is 29.1 Å². The molecule has 5 atom stereocenters. The van der Waals surface area contributed by atoms with Crippen LogP contribution in [0.15, 0.2) is 0 Å². The number of hydrogen-bond donors (Lipinski definition) is 0. The molecule has 44 heavy (non-hydrogen) atoms. The van der Waals surface area contributed by atoms with Gasteiger partial charge in [-0.1, -0.05) is 139 Å². The van der Waals surface area contributed by atoms with E-state index in [2.05, 4.69) is 60.3 Å². The summed E-state index contributed by atoms with van der Waals surface area (Å²) in [4.78, 5) is 31.0. The van der Waals surface area contributed by atoms with Crippen molar-refractivity contribution in [3.8, 4) is 0 Å². The van der Waals surface area contributed by atoms with Gasteiger partial charge in [0.2, 0.25) is 11.8 Å². The summed E-state index contributed by atoms with van der Waals surface area (Å²) in [6.07, 6.45) is 25.3. The van der Waals surface area contributed by atoms with Crippen molar-refractivity contribution in [2.45, 2.75) is 190 Å². The number of piperazine rings is 1. The van der Waals surface area contributed by atoms with Gasteiger partial charge >= 0.3 is 0 Å². The molecule has 260 valence electrons. The Morgan fingerprint density at radius 2 is 1.02 bits per heavy atom. The molecule has 4 heteroatoms. The molecule has 1 aliphatic rings. The predicted molar refractivity (Wildman–Crippen MR) is 192 cm³/mol. The standard InChI is InChI=1S/C40H78N2O2/c1-9-18-34(5)21-13-14-23-37(26-25-36(7)20-11-3)39(44)42-32-30-41(31-33-42)38(43)24-17-29-40(8,27-12-4)28-16-15-22-35(6)19-10-2/h34-37H,9-33H2,1-8H3. The first-order valence-corrected chi connectivity index (χ1v) is 19.6. The molecule has 0 aromatic rings. The normalized spacial score (nSPS) is 18.1. The molecule has 2 amide bonds. The number of amides is 2. The molecule has 0 aromatic heterocycles. The molecule has 1 aliphatic heterocycles. The zero-order valence-corrected chi connectivity index (χ0v) is 31.2. The third kappa shape index (κ3) is 17.6. The van der Waals surface area contributed by atoms with E-state index in [1.54, 1.807) is 0 Å². The quantitative estimate of drug-likeness (QED) is 0.0905. The first-order valence-electron chi connectivity index (χ1n) is 19.6. The van der Waals surface area contributed by atoms with Crippen LogP contribution in [0.2, 0.25) is 0 Å². The van der Waals surface area contributed by atoms with Crippen molar-refractivity contribution < 1.29 is 9.59 Å². The van der Waals surface area contributed by atoms with Gasteiger partial charge in [-0.3, -0.25) is 9.59 Å². The van der Waals surface area contributed by atoms with E-state index in [1.165, 1.54) is 96.3 Å². The molecule has 0 aromatic carbocycles. The molecule has 0 aliphatic carbocycles. The maximum atomic E-state index is 13.7. The zero-order valence-electron chi connectivity index (χ0n) is 31.2. The molecule has 4 nitrogen and oxygen atoms in total. The first kappa shape index (κ1) is 41.0. The lowest BCUT2D eigenvalue weighted by molar-refractivity contribution is -0.142. The molecule has 1 heterocycles. The number of carbonyl (C=O) groups is 2. The van der Waals surface area contributed by atoms with E-state index in [9.17, 15) is 9.59 Å². The van der Waals surface area contributed by atoms with Gasteiger partial charge < -0.3 is 9.80 Å². The van der Waals surface area contributed by atoms with Crippen LogP contribution in [0.1, 0.15) is 190 Å². The molecule has 1 saturated heterocycles. The van der Waals surface area contributed by atoms with Crippen LogP contribution in [0.25, 0.3) is 0 Å². The Morgan fingerprint density at radius 1 is 0.545 bits per heavy atom. The van der Waals surface area contributed by atoms with Gasteiger partial charge in [-0.25, -0.2) is 0 Å². The molecule has 0 N–H and O–H groups in total. The van der Waals surface area contributed by atoms with Gasteiger partial charge in [0.05, 0.1) is 0 Å². The minimum atomic E-state index is 0.157. The molecule has 1 fully saturated rings. The van der Waals surface area contributed by atoms with E-state index in [0.717, 1.165) is 43.9 Å². The smallest absolute Gasteiger partial charge is 0.225 e. The fraction of sp³-hybridized carbons (Fsp3) is 0.950. The molecule has 0 bridgehead atoms. The third-order valence-electron chi connectivity index (χ3n) is 10.9. The summed E-state index contributed by atoms with van der Waals surface area (Å²) in [7, 11) is 0. The fourth-order valence-electron chi connectivity index (χ4n) is 7.95. The fourth-order valence-corrected chi connectivity index (χ4v) is 7.95.